The summed E-state index contributed by atoms with van der Waals surface area (Å²) in [5.74, 6) is 1.02. The molecule has 0 bridgehead atoms. The summed E-state index contributed by atoms with van der Waals surface area (Å²) < 4.78 is 47.1. The number of alkyl halides is 3. The number of hydrogen-bond acceptors (Lipinski definition) is 4. The van der Waals surface area contributed by atoms with Gasteiger partial charge in [0.25, 0.3) is 0 Å². The highest BCUT2D eigenvalue weighted by Crippen LogP contribution is 2.29. The van der Waals surface area contributed by atoms with Gasteiger partial charge >= 0.3 is 6.18 Å². The van der Waals surface area contributed by atoms with Crippen LogP contribution in [0.2, 0.25) is 0 Å². The van der Waals surface area contributed by atoms with E-state index in [1.165, 1.54) is 13.2 Å². The molecule has 1 aliphatic rings. The molecule has 0 atom stereocenters. The molecular weight excluding hydrogens is 385 g/mol. The molecule has 0 spiro atoms. The molecule has 2 N–H and O–H groups in total. The average molecular weight is 416 g/mol. The van der Waals surface area contributed by atoms with E-state index in [0.29, 0.717) is 24.6 Å². The molecule has 0 unspecified atom stereocenters. The molecule has 1 saturated heterocycles. The molecule has 1 aliphatic heterocycles. The van der Waals surface area contributed by atoms with E-state index in [1.807, 2.05) is 0 Å². The minimum atomic E-state index is -4.39. The van der Waals surface area contributed by atoms with Crippen LogP contribution in [0.15, 0.2) is 23.2 Å². The maximum absolute atomic E-state index is 12.4. The van der Waals surface area contributed by atoms with Crippen molar-refractivity contribution in [1.29, 1.82) is 0 Å². The van der Waals surface area contributed by atoms with Crippen molar-refractivity contribution in [3.8, 4) is 11.5 Å². The number of piperidine rings is 1. The van der Waals surface area contributed by atoms with Gasteiger partial charge in [0.05, 0.1) is 7.11 Å². The van der Waals surface area contributed by atoms with Crippen LogP contribution >= 0.6 is 0 Å². The molecule has 9 heteroatoms. The molecule has 0 aromatic heterocycles. The molecule has 0 aliphatic carbocycles. The minimum Gasteiger partial charge on any atom is -0.493 e. The van der Waals surface area contributed by atoms with Gasteiger partial charge in [-0.25, -0.2) is 0 Å². The van der Waals surface area contributed by atoms with Gasteiger partial charge in [-0.1, -0.05) is 6.07 Å². The number of hydrogen-bond donors (Lipinski definition) is 2. The monoisotopic (exact) mass is 416 g/mol. The lowest BCUT2D eigenvalue weighted by Crippen LogP contribution is -2.49. The molecule has 1 aromatic rings. The fourth-order valence-electron chi connectivity index (χ4n) is 3.23. The average Bonchev–Trinajstić information content (AvgIpc) is 2.69. The Kier molecular flexibility index (Phi) is 8.43. The van der Waals surface area contributed by atoms with Gasteiger partial charge in [-0.2, -0.15) is 13.2 Å². The number of benzene rings is 1. The van der Waals surface area contributed by atoms with Crippen molar-refractivity contribution >= 4 is 5.96 Å². The summed E-state index contributed by atoms with van der Waals surface area (Å²) in [6.45, 7) is 5.64. The van der Waals surface area contributed by atoms with E-state index in [4.69, 9.17) is 9.47 Å². The zero-order valence-electron chi connectivity index (χ0n) is 17.5. The van der Waals surface area contributed by atoms with Gasteiger partial charge in [0.15, 0.2) is 24.1 Å². The molecule has 2 rings (SSSR count). The molecule has 29 heavy (non-hydrogen) atoms. The number of aliphatic imine (C=N–C) groups is 1. The van der Waals surface area contributed by atoms with E-state index in [-0.39, 0.29) is 11.5 Å². The van der Waals surface area contributed by atoms with E-state index in [0.717, 1.165) is 31.5 Å². The summed E-state index contributed by atoms with van der Waals surface area (Å²) in [6.07, 6.45) is -2.29. The number of guanidine groups is 1. The van der Waals surface area contributed by atoms with Crippen LogP contribution in [0.4, 0.5) is 13.2 Å². The largest absolute Gasteiger partial charge is 0.493 e. The van der Waals surface area contributed by atoms with E-state index in [2.05, 4.69) is 34.4 Å². The van der Waals surface area contributed by atoms with Crippen LogP contribution in [0, 0.1) is 0 Å². The number of ether oxygens (including phenoxy) is 2. The van der Waals surface area contributed by atoms with Crippen molar-refractivity contribution < 1.29 is 22.6 Å². The Hall–Kier alpha value is -2.16. The van der Waals surface area contributed by atoms with Crippen molar-refractivity contribution in [2.45, 2.75) is 51.5 Å². The number of nitrogens with one attached hydrogen (secondary N) is 2. The summed E-state index contributed by atoms with van der Waals surface area (Å²) in [5.41, 5.74) is 0.846. The first-order valence-corrected chi connectivity index (χ1v) is 9.79. The zero-order valence-corrected chi connectivity index (χ0v) is 17.5. The molecule has 0 amide bonds. The first kappa shape index (κ1) is 23.1. The van der Waals surface area contributed by atoms with Crippen molar-refractivity contribution in [2.75, 3.05) is 33.9 Å². The smallest absolute Gasteiger partial charge is 0.422 e. The van der Waals surface area contributed by atoms with Crippen molar-refractivity contribution in [3.05, 3.63) is 23.8 Å². The van der Waals surface area contributed by atoms with Crippen molar-refractivity contribution in [1.82, 2.24) is 15.5 Å². The van der Waals surface area contributed by atoms with Gasteiger partial charge in [-0.3, -0.25) is 4.99 Å². The first-order chi connectivity index (χ1) is 13.7. The lowest BCUT2D eigenvalue weighted by molar-refractivity contribution is -0.153. The zero-order chi connectivity index (χ0) is 21.4. The third-order valence-corrected chi connectivity index (χ3v) is 4.90. The highest BCUT2D eigenvalue weighted by Gasteiger charge is 2.29. The van der Waals surface area contributed by atoms with E-state index >= 15 is 0 Å². The highest BCUT2D eigenvalue weighted by molar-refractivity contribution is 5.80. The predicted octanol–water partition coefficient (Wildman–Crippen LogP) is 3.17. The van der Waals surface area contributed by atoms with Gasteiger partial charge in [0.2, 0.25) is 0 Å². The van der Waals surface area contributed by atoms with Gasteiger partial charge < -0.3 is 25.0 Å². The SMILES string of the molecule is CN=C(NCc1ccc(OCC(F)(F)F)c(OC)c1)NC1CCN(C(C)C)CC1. The summed E-state index contributed by atoms with van der Waals surface area (Å²) in [7, 11) is 3.12. The van der Waals surface area contributed by atoms with Gasteiger partial charge in [0.1, 0.15) is 0 Å². The minimum absolute atomic E-state index is 0.0630. The Bertz CT molecular complexity index is 672. The molecule has 0 saturated carbocycles. The Morgan fingerprint density at radius 2 is 1.93 bits per heavy atom. The Labute approximate surface area is 170 Å². The summed E-state index contributed by atoms with van der Waals surface area (Å²) in [5, 5.41) is 6.69. The summed E-state index contributed by atoms with van der Waals surface area (Å²) in [4.78, 5) is 6.73. The number of rotatable bonds is 7. The summed E-state index contributed by atoms with van der Waals surface area (Å²) in [6, 6.07) is 5.78. The second kappa shape index (κ2) is 10.6. The topological polar surface area (TPSA) is 58.1 Å². The van der Waals surface area contributed by atoms with E-state index in [9.17, 15) is 13.2 Å². The number of halogens is 3. The van der Waals surface area contributed by atoms with Crippen LogP contribution in [0.3, 0.4) is 0 Å². The maximum Gasteiger partial charge on any atom is 0.422 e. The van der Waals surface area contributed by atoms with Gasteiger partial charge in [-0.15, -0.1) is 0 Å². The lowest BCUT2D eigenvalue weighted by Gasteiger charge is -2.35. The predicted molar refractivity (Wildman–Crippen MR) is 108 cm³/mol. The second-order valence-electron chi connectivity index (χ2n) is 7.36. The standard InChI is InChI=1S/C20H31F3N4O2/c1-14(2)27-9-7-16(8-10-27)26-19(24-3)25-12-15-5-6-17(18(11-15)28-4)29-13-20(21,22)23/h5-6,11,14,16H,7-10,12-13H2,1-4H3,(H2,24,25,26). The fourth-order valence-corrected chi connectivity index (χ4v) is 3.23. The molecule has 1 heterocycles. The molecule has 0 radical (unpaired) electrons. The molecule has 164 valence electrons. The molecule has 1 aromatic carbocycles. The Balaban J connectivity index is 1.87. The van der Waals surface area contributed by atoms with Crippen molar-refractivity contribution in [3.63, 3.8) is 0 Å². The normalized spacial score (nSPS) is 16.8. The first-order valence-electron chi connectivity index (χ1n) is 9.79. The highest BCUT2D eigenvalue weighted by atomic mass is 19.4. The van der Waals surface area contributed by atoms with Gasteiger partial charge in [-0.05, 0) is 44.4 Å². The Morgan fingerprint density at radius 1 is 1.24 bits per heavy atom. The van der Waals surface area contributed by atoms with Crippen LogP contribution in [0.5, 0.6) is 11.5 Å². The third-order valence-electron chi connectivity index (χ3n) is 4.90. The Morgan fingerprint density at radius 3 is 2.48 bits per heavy atom. The number of methoxy groups -OCH3 is 1. The van der Waals surface area contributed by atoms with Crippen LogP contribution in [0.1, 0.15) is 32.3 Å². The van der Waals surface area contributed by atoms with E-state index in [1.54, 1.807) is 19.2 Å². The summed E-state index contributed by atoms with van der Waals surface area (Å²) >= 11 is 0. The van der Waals surface area contributed by atoms with Gasteiger partial charge in [0, 0.05) is 38.8 Å². The lowest BCUT2D eigenvalue weighted by atomic mass is 10.0. The van der Waals surface area contributed by atoms with Crippen LogP contribution in [0.25, 0.3) is 0 Å². The van der Waals surface area contributed by atoms with Crippen LogP contribution in [-0.4, -0.2) is 63.0 Å². The molecule has 6 nitrogen and oxygen atoms in total. The van der Waals surface area contributed by atoms with Crippen LogP contribution in [-0.2, 0) is 6.54 Å². The molecular formula is C20H31F3N4O2. The maximum atomic E-state index is 12.4. The number of nitrogens with zero attached hydrogens (tertiary/aromatic N) is 2. The van der Waals surface area contributed by atoms with Crippen LogP contribution < -0.4 is 20.1 Å². The number of likely N-dealkylation sites (tertiary alicyclic amines) is 1. The third kappa shape index (κ3) is 7.64. The van der Waals surface area contributed by atoms with Crippen molar-refractivity contribution in [2.24, 2.45) is 4.99 Å². The quantitative estimate of drug-likeness (QED) is 0.528. The fraction of sp³-hybridized carbons (Fsp3) is 0.650. The molecule has 1 fully saturated rings. The second-order valence-corrected chi connectivity index (χ2v) is 7.36. The van der Waals surface area contributed by atoms with E-state index < -0.39 is 12.8 Å².